The van der Waals surface area contributed by atoms with E-state index in [1.807, 2.05) is 53.4 Å². The number of hydrogen-bond acceptors (Lipinski definition) is 7. The van der Waals surface area contributed by atoms with E-state index < -0.39 is 23.9 Å². The first-order valence-corrected chi connectivity index (χ1v) is 12.8. The number of halogens is 1. The van der Waals surface area contributed by atoms with Gasteiger partial charge in [0.05, 0.1) is 34.9 Å². The molecule has 3 aliphatic heterocycles. The number of ether oxygens (including phenoxy) is 2. The molecule has 4 N–H and O–H groups in total. The molecule has 39 heavy (non-hydrogen) atoms. The molecule has 0 aromatic heterocycles. The van der Waals surface area contributed by atoms with E-state index in [-0.39, 0.29) is 18.1 Å². The number of aliphatic imine (C=N–C) groups is 2. The van der Waals surface area contributed by atoms with Gasteiger partial charge in [0, 0.05) is 24.2 Å². The van der Waals surface area contributed by atoms with Gasteiger partial charge in [-0.3, -0.25) is 10.2 Å². The number of benzodiazepines with no additional fused rings is 1. The van der Waals surface area contributed by atoms with Crippen molar-refractivity contribution in [2.75, 3.05) is 23.3 Å². The van der Waals surface area contributed by atoms with Gasteiger partial charge < -0.3 is 25.4 Å². The molecule has 0 saturated carbocycles. The summed E-state index contributed by atoms with van der Waals surface area (Å²) in [6, 6.07) is 20.6. The third-order valence-electron chi connectivity index (χ3n) is 7.02. The number of amides is 1. The predicted molar refractivity (Wildman–Crippen MR) is 147 cm³/mol. The van der Waals surface area contributed by atoms with Gasteiger partial charge in [0.2, 0.25) is 12.1 Å². The van der Waals surface area contributed by atoms with Crippen LogP contribution in [0.5, 0.6) is 0 Å². The molecular weight excluding hydrogens is 499 g/mol. The lowest BCUT2D eigenvalue weighted by molar-refractivity contribution is -0.117. The molecule has 3 aromatic rings. The Bertz CT molecular complexity index is 1480. The second-order valence-electron chi connectivity index (χ2n) is 9.67. The molecule has 3 unspecified atom stereocenters. The molecule has 2 fully saturated rings. The van der Waals surface area contributed by atoms with E-state index in [9.17, 15) is 9.18 Å². The minimum atomic E-state index is -1.25. The molecule has 2 saturated heterocycles. The Morgan fingerprint density at radius 3 is 2.56 bits per heavy atom. The number of para-hydroxylation sites is 1. The molecule has 3 aromatic carbocycles. The van der Waals surface area contributed by atoms with E-state index in [1.165, 1.54) is 18.2 Å². The lowest BCUT2D eigenvalue weighted by Gasteiger charge is -2.35. The number of nitrogens with two attached hydrogens (primary N) is 1. The highest BCUT2D eigenvalue weighted by atomic mass is 19.1. The number of amidine groups is 1. The van der Waals surface area contributed by atoms with Crippen molar-refractivity contribution in [1.82, 2.24) is 0 Å². The average Bonchev–Trinajstić information content (AvgIpc) is 3.21. The van der Waals surface area contributed by atoms with Crippen LogP contribution in [0.25, 0.3) is 0 Å². The van der Waals surface area contributed by atoms with Crippen LogP contribution in [0.2, 0.25) is 0 Å². The molecule has 3 heterocycles. The maximum atomic E-state index is 14.2. The first kappa shape index (κ1) is 24.7. The summed E-state index contributed by atoms with van der Waals surface area (Å²) in [4.78, 5) is 23.9. The van der Waals surface area contributed by atoms with Crippen LogP contribution in [-0.4, -0.2) is 55.0 Å². The van der Waals surface area contributed by atoms with E-state index in [2.05, 4.69) is 15.3 Å². The van der Waals surface area contributed by atoms with Crippen LogP contribution >= 0.6 is 0 Å². The zero-order valence-electron chi connectivity index (χ0n) is 21.0. The normalized spacial score (nSPS) is 22.4. The molecule has 10 heteroatoms. The molecule has 3 atom stereocenters. The summed E-state index contributed by atoms with van der Waals surface area (Å²) in [6.07, 6.45) is 0.825. The van der Waals surface area contributed by atoms with Crippen LogP contribution in [0.3, 0.4) is 0 Å². The fourth-order valence-electron chi connectivity index (χ4n) is 5.24. The van der Waals surface area contributed by atoms with Crippen LogP contribution < -0.4 is 16.0 Å². The molecule has 198 valence electrons. The number of hydrogen-bond donors (Lipinski definition) is 3. The molecule has 9 nitrogen and oxygen atoms in total. The van der Waals surface area contributed by atoms with Gasteiger partial charge in [-0.05, 0) is 37.1 Å². The van der Waals surface area contributed by atoms with Crippen molar-refractivity contribution in [2.45, 2.75) is 31.2 Å². The predicted octanol–water partition coefficient (Wildman–Crippen LogP) is 3.67. The third kappa shape index (κ3) is 5.10. The average molecular weight is 527 g/mol. The number of nitrogens with zero attached hydrogens (tertiary/aromatic N) is 3. The molecule has 0 spiro atoms. The molecule has 6 rings (SSSR count). The van der Waals surface area contributed by atoms with Crippen molar-refractivity contribution in [1.29, 1.82) is 5.41 Å². The Labute approximate surface area is 224 Å². The summed E-state index contributed by atoms with van der Waals surface area (Å²) in [6.45, 7) is 1.20. The van der Waals surface area contributed by atoms with Crippen LogP contribution in [0.15, 0.2) is 82.8 Å². The van der Waals surface area contributed by atoms with Crippen molar-refractivity contribution < 1.29 is 18.7 Å². The van der Waals surface area contributed by atoms with Crippen molar-refractivity contribution >= 4 is 34.9 Å². The molecule has 0 aliphatic carbocycles. The van der Waals surface area contributed by atoms with Crippen LogP contribution in [-0.2, 0) is 14.3 Å². The highest BCUT2D eigenvalue weighted by Gasteiger charge is 2.35. The molecule has 2 bridgehead atoms. The van der Waals surface area contributed by atoms with E-state index >= 15 is 0 Å². The van der Waals surface area contributed by atoms with Crippen LogP contribution in [0.1, 0.15) is 29.5 Å². The SMILES string of the molecule is N=C(O/C(N)=N/C1N=C(c2ccccc2)c2ccccc2NC1=O)c1ccc(F)cc1N1CC2CCC(C1)O2. The number of nitrogens with one attached hydrogen (secondary N) is 2. The van der Waals surface area contributed by atoms with Crippen LogP contribution in [0.4, 0.5) is 15.8 Å². The van der Waals surface area contributed by atoms with Gasteiger partial charge in [-0.25, -0.2) is 9.38 Å². The van der Waals surface area contributed by atoms with Crippen molar-refractivity contribution in [3.05, 3.63) is 95.3 Å². The van der Waals surface area contributed by atoms with Crippen molar-refractivity contribution in [3.8, 4) is 0 Å². The number of carbonyl (C=O) groups is 1. The van der Waals surface area contributed by atoms with Gasteiger partial charge in [-0.2, -0.15) is 4.99 Å². The van der Waals surface area contributed by atoms with Crippen molar-refractivity contribution in [2.24, 2.45) is 15.7 Å². The maximum absolute atomic E-state index is 14.2. The molecule has 1 amide bonds. The van der Waals surface area contributed by atoms with E-state index in [0.717, 1.165) is 24.0 Å². The van der Waals surface area contributed by atoms with Gasteiger partial charge in [-0.15, -0.1) is 0 Å². The smallest absolute Gasteiger partial charge is 0.291 e. The summed E-state index contributed by atoms with van der Waals surface area (Å²) >= 11 is 0. The number of fused-ring (bicyclic) bond motifs is 3. The second kappa shape index (κ2) is 10.3. The van der Waals surface area contributed by atoms with Gasteiger partial charge >= 0.3 is 0 Å². The minimum Gasteiger partial charge on any atom is -0.407 e. The third-order valence-corrected chi connectivity index (χ3v) is 7.02. The zero-order valence-corrected chi connectivity index (χ0v) is 21.0. The van der Waals surface area contributed by atoms with Gasteiger partial charge in [0.25, 0.3) is 11.9 Å². The number of benzene rings is 3. The number of rotatable bonds is 4. The van der Waals surface area contributed by atoms with Gasteiger partial charge in [-0.1, -0.05) is 48.5 Å². The summed E-state index contributed by atoms with van der Waals surface area (Å²) < 4.78 is 25.7. The Morgan fingerprint density at radius 1 is 1.08 bits per heavy atom. The monoisotopic (exact) mass is 526 g/mol. The second-order valence-corrected chi connectivity index (χ2v) is 9.67. The summed E-state index contributed by atoms with van der Waals surface area (Å²) in [7, 11) is 0. The topological polar surface area (TPSA) is 125 Å². The minimum absolute atomic E-state index is 0.0798. The van der Waals surface area contributed by atoms with Gasteiger partial charge in [0.15, 0.2) is 0 Å². The van der Waals surface area contributed by atoms with Crippen molar-refractivity contribution in [3.63, 3.8) is 0 Å². The summed E-state index contributed by atoms with van der Waals surface area (Å²) in [5.74, 6) is -1.22. The lowest BCUT2D eigenvalue weighted by Crippen LogP contribution is -2.43. The number of anilines is 2. The van der Waals surface area contributed by atoms with Gasteiger partial charge in [0.1, 0.15) is 5.82 Å². The molecule has 3 aliphatic rings. The molecule has 0 radical (unpaired) electrons. The van der Waals surface area contributed by atoms with E-state index in [4.69, 9.17) is 20.6 Å². The first-order chi connectivity index (χ1) is 18.9. The largest absolute Gasteiger partial charge is 0.407 e. The summed E-state index contributed by atoms with van der Waals surface area (Å²) in [5.41, 5.74) is 9.71. The standard InChI is InChI=1S/C29H27FN6O3/c30-18-10-13-22(24(14-18)36-15-19-11-12-20(16-36)38-19)26(31)39-29(32)35-27-28(37)33-23-9-5-4-8-21(23)25(34-27)17-6-2-1-3-7-17/h1-10,13-14,19-20,27,31H,11-12,15-16H2,(H2,32,35)(H,33,37). The van der Waals surface area contributed by atoms with E-state index in [0.29, 0.717) is 35.7 Å². The quantitative estimate of drug-likeness (QED) is 0.353. The Hall–Kier alpha value is -4.57. The highest BCUT2D eigenvalue weighted by Crippen LogP contribution is 2.32. The van der Waals surface area contributed by atoms with E-state index in [1.54, 1.807) is 6.07 Å². The Morgan fingerprint density at radius 2 is 1.79 bits per heavy atom. The number of morpholine rings is 1. The number of carbonyl (C=O) groups excluding carboxylic acids is 1. The zero-order chi connectivity index (χ0) is 26.9. The van der Waals surface area contributed by atoms with Crippen LogP contribution in [0, 0.1) is 11.2 Å². The Kier molecular flexibility index (Phi) is 6.54. The first-order valence-electron chi connectivity index (χ1n) is 12.8. The molecular formula is C29H27FN6O3. The highest BCUT2D eigenvalue weighted by molar-refractivity contribution is 6.19. The fraction of sp³-hybridized carbons (Fsp3) is 0.241. The lowest BCUT2D eigenvalue weighted by atomic mass is 10.0. The Balaban J connectivity index is 1.28. The summed E-state index contributed by atoms with van der Waals surface area (Å²) in [5, 5.41) is 11.4. The fourth-order valence-corrected chi connectivity index (χ4v) is 5.24. The maximum Gasteiger partial charge on any atom is 0.291 e.